The molecule has 0 unspecified atom stereocenters. The molecule has 0 saturated heterocycles. The van der Waals surface area contributed by atoms with Crippen molar-refractivity contribution < 1.29 is 27.9 Å². The van der Waals surface area contributed by atoms with Gasteiger partial charge in [0.05, 0.1) is 16.8 Å². The highest BCUT2D eigenvalue weighted by Crippen LogP contribution is 2.32. The summed E-state index contributed by atoms with van der Waals surface area (Å²) in [5.41, 5.74) is 0.850. The van der Waals surface area contributed by atoms with Gasteiger partial charge in [0.1, 0.15) is 11.6 Å². The zero-order valence-corrected chi connectivity index (χ0v) is 13.7. The third-order valence-electron chi connectivity index (χ3n) is 4.28. The maximum Gasteiger partial charge on any atom is 0.332 e. The summed E-state index contributed by atoms with van der Waals surface area (Å²) in [5, 5.41) is 11.6. The SMILES string of the molecule is [2H]C([2H])([2H])Oc1ccccc1-c1ccc(NC(=O)C2=C(C(=O)O)CCC2)c(F)c1. The van der Waals surface area contributed by atoms with E-state index in [4.69, 9.17) is 14.0 Å². The summed E-state index contributed by atoms with van der Waals surface area (Å²) in [6.45, 7) is 0. The van der Waals surface area contributed by atoms with E-state index in [0.717, 1.165) is 6.07 Å². The zero-order valence-electron chi connectivity index (χ0n) is 16.7. The molecular formula is C20H18FNO4. The number of anilines is 1. The molecule has 5 nitrogen and oxygen atoms in total. The van der Waals surface area contributed by atoms with Crippen LogP contribution in [0, 0.1) is 5.82 Å². The number of hydrogen-bond donors (Lipinski definition) is 2. The topological polar surface area (TPSA) is 75.6 Å². The Hall–Kier alpha value is -3.15. The lowest BCUT2D eigenvalue weighted by Crippen LogP contribution is -2.17. The number of rotatable bonds is 5. The number of halogens is 1. The van der Waals surface area contributed by atoms with Crippen LogP contribution in [0.15, 0.2) is 53.6 Å². The molecule has 0 heterocycles. The van der Waals surface area contributed by atoms with Gasteiger partial charge in [0.25, 0.3) is 5.91 Å². The van der Waals surface area contributed by atoms with Crippen LogP contribution in [0.2, 0.25) is 0 Å². The van der Waals surface area contributed by atoms with E-state index >= 15 is 0 Å². The highest BCUT2D eigenvalue weighted by molar-refractivity contribution is 6.09. The average Bonchev–Trinajstić information content (AvgIpc) is 3.13. The van der Waals surface area contributed by atoms with Crippen molar-refractivity contribution in [2.75, 3.05) is 12.4 Å². The predicted octanol–water partition coefficient (Wildman–Crippen LogP) is 4.00. The Morgan fingerprint density at radius 2 is 1.96 bits per heavy atom. The van der Waals surface area contributed by atoms with Crippen molar-refractivity contribution in [1.82, 2.24) is 0 Å². The number of carboxylic acids is 1. The monoisotopic (exact) mass is 358 g/mol. The normalized spacial score (nSPS) is 15.8. The summed E-state index contributed by atoms with van der Waals surface area (Å²) in [6.07, 6.45) is 1.19. The van der Waals surface area contributed by atoms with Crippen LogP contribution in [0.25, 0.3) is 11.1 Å². The van der Waals surface area contributed by atoms with Gasteiger partial charge in [-0.25, -0.2) is 9.18 Å². The van der Waals surface area contributed by atoms with Gasteiger partial charge in [0.2, 0.25) is 0 Å². The van der Waals surface area contributed by atoms with Crippen LogP contribution in [-0.4, -0.2) is 24.0 Å². The largest absolute Gasteiger partial charge is 0.496 e. The molecule has 0 radical (unpaired) electrons. The summed E-state index contributed by atoms with van der Waals surface area (Å²) in [4.78, 5) is 23.6. The van der Waals surface area contributed by atoms with Crippen molar-refractivity contribution in [3.05, 3.63) is 59.4 Å². The summed E-state index contributed by atoms with van der Waals surface area (Å²) in [5.74, 6) is -2.45. The molecule has 0 fully saturated rings. The second-order valence-electron chi connectivity index (χ2n) is 5.86. The predicted molar refractivity (Wildman–Crippen MR) is 95.5 cm³/mol. The standard InChI is InChI=1S/C20H18FNO4/c1-26-18-8-3-2-5-13(18)12-9-10-17(16(21)11-12)22-19(23)14-6-4-7-15(14)20(24)25/h2-3,5,8-11H,4,6-7H2,1H3,(H,22,23)(H,24,25)/i1D3. The fourth-order valence-corrected chi connectivity index (χ4v) is 3.01. The Kier molecular flexibility index (Phi) is 4.00. The van der Waals surface area contributed by atoms with E-state index in [-0.39, 0.29) is 22.6 Å². The van der Waals surface area contributed by atoms with Gasteiger partial charge in [-0.05, 0) is 43.0 Å². The number of aliphatic carboxylic acids is 1. The van der Waals surface area contributed by atoms with E-state index in [0.29, 0.717) is 30.4 Å². The van der Waals surface area contributed by atoms with Crippen LogP contribution in [-0.2, 0) is 9.59 Å². The molecule has 0 spiro atoms. The third-order valence-corrected chi connectivity index (χ3v) is 4.28. The number of para-hydroxylation sites is 1. The number of methoxy groups -OCH3 is 1. The van der Waals surface area contributed by atoms with E-state index in [9.17, 15) is 14.0 Å². The second kappa shape index (κ2) is 7.39. The molecule has 1 aliphatic rings. The number of carbonyl (C=O) groups is 2. The fraction of sp³-hybridized carbons (Fsp3) is 0.200. The molecule has 2 N–H and O–H groups in total. The van der Waals surface area contributed by atoms with Gasteiger partial charge in [-0.2, -0.15) is 0 Å². The van der Waals surface area contributed by atoms with Crippen LogP contribution in [0.5, 0.6) is 5.75 Å². The van der Waals surface area contributed by atoms with E-state index in [1.165, 1.54) is 18.2 Å². The first kappa shape index (κ1) is 14.1. The number of ether oxygens (including phenoxy) is 1. The molecule has 0 bridgehead atoms. The second-order valence-corrected chi connectivity index (χ2v) is 5.86. The van der Waals surface area contributed by atoms with E-state index in [1.54, 1.807) is 18.2 Å². The number of hydrogen-bond acceptors (Lipinski definition) is 3. The van der Waals surface area contributed by atoms with E-state index in [1.807, 2.05) is 0 Å². The fourth-order valence-electron chi connectivity index (χ4n) is 3.01. The lowest BCUT2D eigenvalue weighted by Gasteiger charge is -2.11. The molecule has 0 atom stereocenters. The zero-order chi connectivity index (χ0) is 21.2. The summed E-state index contributed by atoms with van der Waals surface area (Å²) in [6, 6.07) is 10.3. The average molecular weight is 358 g/mol. The Bertz CT molecular complexity index is 1000. The molecule has 0 aromatic heterocycles. The highest BCUT2D eigenvalue weighted by Gasteiger charge is 2.25. The molecule has 2 aromatic rings. The number of carboxylic acid groups (broad SMARTS) is 1. The molecule has 3 rings (SSSR count). The van der Waals surface area contributed by atoms with Gasteiger partial charge < -0.3 is 15.2 Å². The first-order chi connectivity index (χ1) is 13.7. The molecule has 6 heteroatoms. The van der Waals surface area contributed by atoms with Crippen LogP contribution in [0.4, 0.5) is 10.1 Å². The first-order valence-electron chi connectivity index (χ1n) is 9.50. The number of benzene rings is 2. The van der Waals surface area contributed by atoms with E-state index in [2.05, 4.69) is 5.32 Å². The Labute approximate surface area is 154 Å². The maximum atomic E-state index is 14.6. The van der Waals surface area contributed by atoms with Gasteiger partial charge in [-0.3, -0.25) is 4.79 Å². The summed E-state index contributed by atoms with van der Waals surface area (Å²) in [7, 11) is -2.65. The summed E-state index contributed by atoms with van der Waals surface area (Å²) < 4.78 is 41.3. The van der Waals surface area contributed by atoms with Gasteiger partial charge in [-0.15, -0.1) is 0 Å². The minimum absolute atomic E-state index is 0.0512. The highest BCUT2D eigenvalue weighted by atomic mass is 19.1. The van der Waals surface area contributed by atoms with Crippen molar-refractivity contribution in [3.8, 4) is 16.9 Å². The molecule has 2 aromatic carbocycles. The number of amides is 1. The van der Waals surface area contributed by atoms with Crippen molar-refractivity contribution in [1.29, 1.82) is 0 Å². The minimum Gasteiger partial charge on any atom is -0.496 e. The maximum absolute atomic E-state index is 14.6. The van der Waals surface area contributed by atoms with Crippen LogP contribution in [0.3, 0.4) is 0 Å². The molecule has 0 saturated carbocycles. The van der Waals surface area contributed by atoms with Gasteiger partial charge in [0.15, 0.2) is 0 Å². The smallest absolute Gasteiger partial charge is 0.332 e. The van der Waals surface area contributed by atoms with Gasteiger partial charge in [0, 0.05) is 16.7 Å². The number of nitrogens with one attached hydrogen (secondary N) is 1. The molecular weight excluding hydrogens is 337 g/mol. The van der Waals surface area contributed by atoms with Crippen molar-refractivity contribution in [2.45, 2.75) is 19.3 Å². The quantitative estimate of drug-likeness (QED) is 0.847. The molecule has 134 valence electrons. The van der Waals surface area contributed by atoms with Crippen LogP contribution in [0.1, 0.15) is 23.4 Å². The minimum atomic E-state index is -2.65. The molecule has 1 amide bonds. The Balaban J connectivity index is 1.86. The lowest BCUT2D eigenvalue weighted by atomic mass is 10.0. The third kappa shape index (κ3) is 3.44. The van der Waals surface area contributed by atoms with Crippen molar-refractivity contribution in [3.63, 3.8) is 0 Å². The van der Waals surface area contributed by atoms with Gasteiger partial charge >= 0.3 is 5.97 Å². The van der Waals surface area contributed by atoms with Crippen molar-refractivity contribution in [2.24, 2.45) is 0 Å². The van der Waals surface area contributed by atoms with Crippen LogP contribution < -0.4 is 10.1 Å². The van der Waals surface area contributed by atoms with Crippen molar-refractivity contribution >= 4 is 17.6 Å². The van der Waals surface area contributed by atoms with E-state index < -0.39 is 24.7 Å². The first-order valence-corrected chi connectivity index (χ1v) is 8.00. The van der Waals surface area contributed by atoms with Gasteiger partial charge in [-0.1, -0.05) is 24.3 Å². The Morgan fingerprint density at radius 3 is 2.69 bits per heavy atom. The molecule has 26 heavy (non-hydrogen) atoms. The molecule has 0 aliphatic heterocycles. The number of carbonyl (C=O) groups excluding carboxylic acids is 1. The summed E-state index contributed by atoms with van der Waals surface area (Å²) >= 11 is 0. The Morgan fingerprint density at radius 1 is 1.19 bits per heavy atom. The van der Waals surface area contributed by atoms with Crippen LogP contribution >= 0.6 is 0 Å². The lowest BCUT2D eigenvalue weighted by molar-refractivity contribution is -0.133. The molecule has 1 aliphatic carbocycles.